The molecule has 0 bridgehead atoms. The molecule has 3 N–H and O–H groups in total. The summed E-state index contributed by atoms with van der Waals surface area (Å²) in [5.74, 6) is -0.951. The molecule has 0 aliphatic carbocycles. The molecule has 0 aromatic carbocycles. The molecule has 0 amide bonds. The SMILES string of the molecule is CC/C=C/C=C/C=C/C=C/C=C/CCCC(=O)OC(COC(=O)CCCCCCC/C=C/C=C/C=C/CCCCCCC)COP(=O)(O)OCCN. The van der Waals surface area contributed by atoms with Gasteiger partial charge in [0.25, 0.3) is 0 Å². The monoisotopic (exact) mass is 745 g/mol. The van der Waals surface area contributed by atoms with Crippen LogP contribution in [0.3, 0.4) is 0 Å². The zero-order chi connectivity index (χ0) is 38.2. The van der Waals surface area contributed by atoms with Gasteiger partial charge in [0, 0.05) is 19.4 Å². The second-order valence-corrected chi connectivity index (χ2v) is 13.7. The molecule has 52 heavy (non-hydrogen) atoms. The fourth-order valence-corrected chi connectivity index (χ4v) is 5.31. The van der Waals surface area contributed by atoms with Crippen molar-refractivity contribution in [2.24, 2.45) is 5.73 Å². The standard InChI is InChI=1S/C42H68NO8P/c1-3-5-7-9-11-13-15-17-18-19-20-21-23-24-26-28-30-32-34-41(44)48-38-40(39-50-52(46,47)49-37-36-43)51-42(45)35-33-31-29-27-25-22-16-14-12-10-8-6-4-2/h6,8,10,12,14-22,25,27,29,40H,3-5,7,9,11,13,23-24,26,28,30-39,43H2,1-2H3,(H,46,47)/b8-6+,12-10+,16-14+,17-15+,19-18+,21-20+,25-22+,29-27+. The van der Waals surface area contributed by atoms with Gasteiger partial charge in [-0.3, -0.25) is 18.6 Å². The number of ether oxygens (including phenoxy) is 2. The van der Waals surface area contributed by atoms with E-state index in [4.69, 9.17) is 24.3 Å². The Morgan fingerprint density at radius 3 is 1.63 bits per heavy atom. The molecule has 10 heteroatoms. The second kappa shape index (κ2) is 37.7. The van der Waals surface area contributed by atoms with Crippen molar-refractivity contribution in [3.8, 4) is 0 Å². The summed E-state index contributed by atoms with van der Waals surface area (Å²) in [6, 6.07) is 0. The van der Waals surface area contributed by atoms with Crippen molar-refractivity contribution in [2.75, 3.05) is 26.4 Å². The summed E-state index contributed by atoms with van der Waals surface area (Å²) < 4.78 is 32.5. The maximum absolute atomic E-state index is 12.5. The minimum Gasteiger partial charge on any atom is -0.462 e. The van der Waals surface area contributed by atoms with Gasteiger partial charge in [0.05, 0.1) is 13.2 Å². The van der Waals surface area contributed by atoms with Crippen molar-refractivity contribution >= 4 is 19.8 Å². The number of carbonyl (C=O) groups excluding carboxylic acids is 2. The van der Waals surface area contributed by atoms with Gasteiger partial charge in [-0.1, -0.05) is 156 Å². The van der Waals surface area contributed by atoms with Gasteiger partial charge < -0.3 is 20.1 Å². The van der Waals surface area contributed by atoms with Gasteiger partial charge in [0.15, 0.2) is 6.10 Å². The number of phosphoric ester groups is 1. The van der Waals surface area contributed by atoms with Crippen molar-refractivity contribution in [2.45, 2.75) is 129 Å². The molecule has 0 spiro atoms. The van der Waals surface area contributed by atoms with Crippen molar-refractivity contribution in [1.82, 2.24) is 0 Å². The van der Waals surface area contributed by atoms with Crippen LogP contribution < -0.4 is 5.73 Å². The summed E-state index contributed by atoms with van der Waals surface area (Å²) in [4.78, 5) is 34.7. The predicted octanol–water partition coefficient (Wildman–Crippen LogP) is 10.7. The Hall–Kier alpha value is -3.07. The number of unbranched alkanes of at least 4 members (excludes halogenated alkanes) is 11. The maximum Gasteiger partial charge on any atom is 0.472 e. The lowest BCUT2D eigenvalue weighted by molar-refractivity contribution is -0.161. The molecule has 0 aliphatic rings. The van der Waals surface area contributed by atoms with E-state index >= 15 is 0 Å². The molecule has 0 saturated carbocycles. The number of rotatable bonds is 34. The number of hydrogen-bond acceptors (Lipinski definition) is 8. The number of allylic oxidation sites excluding steroid dienone is 16. The first-order valence-electron chi connectivity index (χ1n) is 19.3. The summed E-state index contributed by atoms with van der Waals surface area (Å²) in [6.07, 6.45) is 47.4. The highest BCUT2D eigenvalue weighted by atomic mass is 31.2. The molecule has 0 aromatic rings. The highest BCUT2D eigenvalue weighted by molar-refractivity contribution is 7.47. The number of carbonyl (C=O) groups is 2. The lowest BCUT2D eigenvalue weighted by atomic mass is 10.1. The van der Waals surface area contributed by atoms with Gasteiger partial charge in [0.2, 0.25) is 0 Å². The summed E-state index contributed by atoms with van der Waals surface area (Å²) in [6.45, 7) is 3.42. The van der Waals surface area contributed by atoms with E-state index in [0.29, 0.717) is 19.3 Å². The summed E-state index contributed by atoms with van der Waals surface area (Å²) in [7, 11) is -4.40. The topological polar surface area (TPSA) is 134 Å². The first kappa shape index (κ1) is 48.9. The fourth-order valence-electron chi connectivity index (χ4n) is 4.55. The van der Waals surface area contributed by atoms with Crippen LogP contribution in [0.2, 0.25) is 0 Å². The van der Waals surface area contributed by atoms with E-state index in [9.17, 15) is 19.0 Å². The van der Waals surface area contributed by atoms with Crippen molar-refractivity contribution in [1.29, 1.82) is 0 Å². The van der Waals surface area contributed by atoms with Gasteiger partial charge in [-0.25, -0.2) is 4.57 Å². The van der Waals surface area contributed by atoms with Crippen LogP contribution in [0.4, 0.5) is 0 Å². The zero-order valence-electron chi connectivity index (χ0n) is 32.0. The lowest BCUT2D eigenvalue weighted by Gasteiger charge is -2.19. The van der Waals surface area contributed by atoms with E-state index in [2.05, 4.69) is 56.4 Å². The molecule has 0 rings (SSSR count). The Bertz CT molecular complexity index is 1170. The Balaban J connectivity index is 4.38. The van der Waals surface area contributed by atoms with Gasteiger partial charge in [-0.05, 0) is 51.4 Å². The van der Waals surface area contributed by atoms with E-state index in [-0.39, 0.29) is 32.6 Å². The van der Waals surface area contributed by atoms with E-state index < -0.39 is 32.5 Å². The molecule has 0 aromatic heterocycles. The third-order valence-corrected chi connectivity index (χ3v) is 8.38. The molecular formula is C42H68NO8P. The first-order chi connectivity index (χ1) is 25.3. The zero-order valence-corrected chi connectivity index (χ0v) is 32.9. The van der Waals surface area contributed by atoms with Crippen molar-refractivity contribution in [3.05, 3.63) is 97.2 Å². The average Bonchev–Trinajstić information content (AvgIpc) is 3.13. The lowest BCUT2D eigenvalue weighted by Crippen LogP contribution is -2.29. The van der Waals surface area contributed by atoms with Crippen LogP contribution >= 0.6 is 7.82 Å². The maximum atomic E-state index is 12.5. The Morgan fingerprint density at radius 1 is 0.596 bits per heavy atom. The molecule has 9 nitrogen and oxygen atoms in total. The molecule has 294 valence electrons. The van der Waals surface area contributed by atoms with Crippen molar-refractivity contribution in [3.63, 3.8) is 0 Å². The molecular weight excluding hydrogens is 677 g/mol. The highest BCUT2D eigenvalue weighted by Crippen LogP contribution is 2.43. The Morgan fingerprint density at radius 2 is 1.08 bits per heavy atom. The van der Waals surface area contributed by atoms with Crippen molar-refractivity contribution < 1.29 is 37.6 Å². The van der Waals surface area contributed by atoms with Crippen LogP contribution in [0.25, 0.3) is 0 Å². The molecule has 0 radical (unpaired) electrons. The quantitative estimate of drug-likeness (QED) is 0.0286. The minimum atomic E-state index is -4.40. The third kappa shape index (κ3) is 36.7. The smallest absolute Gasteiger partial charge is 0.462 e. The second-order valence-electron chi connectivity index (χ2n) is 12.2. The first-order valence-corrected chi connectivity index (χ1v) is 20.8. The van der Waals surface area contributed by atoms with Gasteiger partial charge >= 0.3 is 19.8 Å². The number of phosphoric acid groups is 1. The van der Waals surface area contributed by atoms with Crippen LogP contribution in [0.1, 0.15) is 123 Å². The van der Waals surface area contributed by atoms with Crippen LogP contribution in [0.5, 0.6) is 0 Å². The molecule has 0 heterocycles. The third-order valence-electron chi connectivity index (χ3n) is 7.39. The molecule has 0 saturated heterocycles. The molecule has 2 unspecified atom stereocenters. The Kier molecular flexibility index (Phi) is 35.5. The van der Waals surface area contributed by atoms with E-state index in [1.165, 1.54) is 32.1 Å². The van der Waals surface area contributed by atoms with E-state index in [1.807, 2.05) is 54.7 Å². The number of nitrogens with two attached hydrogens (primary N) is 1. The van der Waals surface area contributed by atoms with Gasteiger partial charge in [-0.15, -0.1) is 0 Å². The summed E-state index contributed by atoms with van der Waals surface area (Å²) in [5.41, 5.74) is 5.32. The van der Waals surface area contributed by atoms with E-state index in [0.717, 1.165) is 44.9 Å². The van der Waals surface area contributed by atoms with E-state index in [1.54, 1.807) is 0 Å². The normalized spacial score (nSPS) is 14.5. The van der Waals surface area contributed by atoms with Crippen LogP contribution in [0, 0.1) is 0 Å². The highest BCUT2D eigenvalue weighted by Gasteiger charge is 2.25. The molecule has 2 atom stereocenters. The molecule has 0 fully saturated rings. The number of esters is 2. The summed E-state index contributed by atoms with van der Waals surface area (Å²) >= 11 is 0. The largest absolute Gasteiger partial charge is 0.472 e. The van der Waals surface area contributed by atoms with Gasteiger partial charge in [-0.2, -0.15) is 0 Å². The summed E-state index contributed by atoms with van der Waals surface area (Å²) in [5, 5.41) is 0. The van der Waals surface area contributed by atoms with Crippen LogP contribution in [-0.4, -0.2) is 49.3 Å². The van der Waals surface area contributed by atoms with Crippen LogP contribution in [0.15, 0.2) is 97.2 Å². The van der Waals surface area contributed by atoms with Gasteiger partial charge in [0.1, 0.15) is 6.61 Å². The predicted molar refractivity (Wildman–Crippen MR) is 215 cm³/mol. The number of hydrogen-bond donors (Lipinski definition) is 2. The minimum absolute atomic E-state index is 0.0330. The average molecular weight is 746 g/mol. The Labute approximate surface area is 315 Å². The fraction of sp³-hybridized carbons (Fsp3) is 0.571. The molecule has 0 aliphatic heterocycles. The van der Waals surface area contributed by atoms with Crippen LogP contribution in [-0.2, 0) is 32.7 Å².